The van der Waals surface area contributed by atoms with E-state index in [1.54, 1.807) is 4.90 Å². The molecule has 2 N–H and O–H groups in total. The Kier molecular flexibility index (Phi) is 4.96. The van der Waals surface area contributed by atoms with Crippen LogP contribution >= 0.6 is 0 Å². The average Bonchev–Trinajstić information content (AvgIpc) is 3.37. The summed E-state index contributed by atoms with van der Waals surface area (Å²) in [7, 11) is 0. The quantitative estimate of drug-likeness (QED) is 0.380. The van der Waals surface area contributed by atoms with Crippen molar-refractivity contribution in [3.8, 4) is 0 Å². The zero-order valence-corrected chi connectivity index (χ0v) is 19.9. The van der Waals surface area contributed by atoms with Gasteiger partial charge in [-0.3, -0.25) is 9.69 Å². The maximum absolute atomic E-state index is 13.9. The molecule has 0 aliphatic carbocycles. The summed E-state index contributed by atoms with van der Waals surface area (Å²) in [5.74, 6) is -0.989. The van der Waals surface area contributed by atoms with Crippen molar-refractivity contribution < 1.29 is 19.5 Å². The normalized spacial score (nSPS) is 19.2. The molecular weight excluding hydrogens is 454 g/mol. The highest BCUT2D eigenvalue weighted by molar-refractivity contribution is 6.22. The minimum atomic E-state index is -1.06. The van der Waals surface area contributed by atoms with Gasteiger partial charge in [-0.25, -0.2) is 14.5 Å². The number of amides is 3. The summed E-state index contributed by atoms with van der Waals surface area (Å²) >= 11 is 0. The molecule has 0 radical (unpaired) electrons. The van der Waals surface area contributed by atoms with Gasteiger partial charge >= 0.3 is 12.0 Å². The van der Waals surface area contributed by atoms with E-state index in [0.717, 1.165) is 27.7 Å². The van der Waals surface area contributed by atoms with Crippen LogP contribution in [0.3, 0.4) is 0 Å². The minimum Gasteiger partial charge on any atom is -0.478 e. The van der Waals surface area contributed by atoms with Crippen LogP contribution in [-0.2, 0) is 11.2 Å². The van der Waals surface area contributed by atoms with Crippen LogP contribution in [0.25, 0.3) is 10.9 Å². The molecule has 2 atom stereocenters. The van der Waals surface area contributed by atoms with Crippen LogP contribution in [0.15, 0.2) is 72.8 Å². The van der Waals surface area contributed by atoms with Crippen LogP contribution < -0.4 is 4.90 Å². The Morgan fingerprint density at radius 2 is 1.67 bits per heavy atom. The molecule has 36 heavy (non-hydrogen) atoms. The first-order chi connectivity index (χ1) is 17.3. The highest BCUT2D eigenvalue weighted by atomic mass is 16.4. The highest BCUT2D eigenvalue weighted by Gasteiger charge is 2.53. The van der Waals surface area contributed by atoms with Gasteiger partial charge in [0.25, 0.3) is 5.91 Å². The van der Waals surface area contributed by atoms with E-state index in [2.05, 4.69) is 31.0 Å². The van der Waals surface area contributed by atoms with Gasteiger partial charge in [-0.15, -0.1) is 0 Å². The molecule has 1 saturated heterocycles. The first-order valence-corrected chi connectivity index (χ1v) is 12.0. The fourth-order valence-corrected chi connectivity index (χ4v) is 5.47. The molecule has 3 aromatic carbocycles. The lowest BCUT2D eigenvalue weighted by molar-refractivity contribution is -0.120. The van der Waals surface area contributed by atoms with E-state index >= 15 is 0 Å². The molecule has 0 unspecified atom stereocenters. The summed E-state index contributed by atoms with van der Waals surface area (Å²) < 4.78 is 0. The predicted molar refractivity (Wildman–Crippen MR) is 136 cm³/mol. The first kappa shape index (κ1) is 22.1. The molecular formula is C29H25N3O4. The van der Waals surface area contributed by atoms with Crippen molar-refractivity contribution in [1.82, 2.24) is 9.88 Å². The lowest BCUT2D eigenvalue weighted by Crippen LogP contribution is -2.44. The maximum Gasteiger partial charge on any atom is 0.335 e. The summed E-state index contributed by atoms with van der Waals surface area (Å²) in [4.78, 5) is 45.2. The number of urea groups is 1. The second kappa shape index (κ2) is 8.09. The van der Waals surface area contributed by atoms with Crippen molar-refractivity contribution in [3.63, 3.8) is 0 Å². The van der Waals surface area contributed by atoms with Gasteiger partial charge in [-0.2, -0.15) is 0 Å². The number of aromatic carboxylic acids is 1. The van der Waals surface area contributed by atoms with Gasteiger partial charge in [0.05, 0.1) is 11.3 Å². The Labute approximate surface area is 208 Å². The number of aromatic amines is 1. The Morgan fingerprint density at radius 1 is 0.972 bits per heavy atom. The molecule has 180 valence electrons. The summed E-state index contributed by atoms with van der Waals surface area (Å²) in [6, 6.07) is 20.6. The fraction of sp³-hybridized carbons (Fsp3) is 0.207. The van der Waals surface area contributed by atoms with E-state index in [9.17, 15) is 19.5 Å². The largest absolute Gasteiger partial charge is 0.478 e. The fourth-order valence-electron chi connectivity index (χ4n) is 5.47. The predicted octanol–water partition coefficient (Wildman–Crippen LogP) is 5.47. The molecule has 0 saturated carbocycles. The second-order valence-electron chi connectivity index (χ2n) is 9.72. The third-order valence-corrected chi connectivity index (χ3v) is 7.34. The number of benzene rings is 3. The first-order valence-electron chi connectivity index (χ1n) is 12.0. The van der Waals surface area contributed by atoms with Crippen molar-refractivity contribution in [2.45, 2.75) is 38.3 Å². The Bertz CT molecular complexity index is 1520. The lowest BCUT2D eigenvalue weighted by Gasteiger charge is -2.36. The second-order valence-corrected chi connectivity index (χ2v) is 9.72. The average molecular weight is 480 g/mol. The number of hydrogen-bond acceptors (Lipinski definition) is 3. The van der Waals surface area contributed by atoms with Crippen LogP contribution in [0, 0.1) is 0 Å². The number of carbonyl (C=O) groups excluding carboxylic acids is 2. The number of fused-ring (bicyclic) bond motifs is 4. The van der Waals surface area contributed by atoms with Crippen molar-refractivity contribution in [3.05, 3.63) is 101 Å². The maximum atomic E-state index is 13.9. The number of anilines is 1. The molecule has 1 aromatic heterocycles. The van der Waals surface area contributed by atoms with E-state index in [-0.39, 0.29) is 11.5 Å². The van der Waals surface area contributed by atoms with E-state index in [4.69, 9.17) is 0 Å². The van der Waals surface area contributed by atoms with Crippen molar-refractivity contribution in [1.29, 1.82) is 0 Å². The minimum absolute atomic E-state index is 0.0973. The summed E-state index contributed by atoms with van der Waals surface area (Å²) in [6.45, 7) is 4.27. The van der Waals surface area contributed by atoms with Crippen molar-refractivity contribution in [2.75, 3.05) is 4.90 Å². The van der Waals surface area contributed by atoms with Gasteiger partial charge in [0, 0.05) is 23.0 Å². The Morgan fingerprint density at radius 3 is 2.33 bits per heavy atom. The number of imide groups is 1. The number of aromatic nitrogens is 1. The topological polar surface area (TPSA) is 93.7 Å². The van der Waals surface area contributed by atoms with E-state index in [1.807, 2.05) is 36.4 Å². The third-order valence-electron chi connectivity index (χ3n) is 7.34. The van der Waals surface area contributed by atoms with Crippen LogP contribution in [0.5, 0.6) is 0 Å². The third kappa shape index (κ3) is 3.23. The molecule has 3 heterocycles. The number of carboxylic acid groups (broad SMARTS) is 1. The zero-order chi connectivity index (χ0) is 25.1. The number of carboxylic acids is 1. The molecule has 0 bridgehead atoms. The van der Waals surface area contributed by atoms with E-state index < -0.39 is 24.1 Å². The molecule has 7 nitrogen and oxygen atoms in total. The monoisotopic (exact) mass is 479 g/mol. The highest BCUT2D eigenvalue weighted by Crippen LogP contribution is 2.45. The Hall–Kier alpha value is -4.39. The summed E-state index contributed by atoms with van der Waals surface area (Å²) in [5.41, 5.74) is 5.55. The number of rotatable bonds is 4. The summed E-state index contributed by atoms with van der Waals surface area (Å²) in [5, 5.41) is 10.3. The molecule has 2 aliphatic rings. The van der Waals surface area contributed by atoms with E-state index in [1.165, 1.54) is 34.7 Å². The van der Waals surface area contributed by atoms with E-state index in [0.29, 0.717) is 18.0 Å². The van der Waals surface area contributed by atoms with Gasteiger partial charge in [-0.1, -0.05) is 56.3 Å². The van der Waals surface area contributed by atoms with Crippen molar-refractivity contribution in [2.24, 2.45) is 0 Å². The van der Waals surface area contributed by atoms with Crippen LogP contribution in [-0.4, -0.2) is 38.9 Å². The number of H-pyrrole nitrogens is 1. The molecule has 4 aromatic rings. The molecule has 6 rings (SSSR count). The number of hydrogen-bond donors (Lipinski definition) is 2. The van der Waals surface area contributed by atoms with Gasteiger partial charge in [0.2, 0.25) is 0 Å². The smallest absolute Gasteiger partial charge is 0.335 e. The lowest BCUT2D eigenvalue weighted by atomic mass is 9.88. The standard InChI is InChI=1S/C29H25N3O4/c1-16(2)17-7-9-18(10-8-17)26-25-22(21-5-3-4-6-23(21)30-25)15-24-27(33)31(29(36)32(24)26)20-13-11-19(12-14-20)28(34)35/h3-14,16,24,26,30H,15H2,1-2H3,(H,34,35)/t24-,26-/m0/s1. The van der Waals surface area contributed by atoms with Gasteiger partial charge in [0.1, 0.15) is 12.1 Å². The molecule has 1 fully saturated rings. The number of para-hydroxylation sites is 1. The molecule has 2 aliphatic heterocycles. The zero-order valence-electron chi connectivity index (χ0n) is 19.9. The number of nitrogens with one attached hydrogen (secondary N) is 1. The van der Waals surface area contributed by atoms with Gasteiger partial charge in [0.15, 0.2) is 0 Å². The number of nitrogens with zero attached hydrogens (tertiary/aromatic N) is 2. The number of carbonyl (C=O) groups is 3. The summed E-state index contributed by atoms with van der Waals surface area (Å²) in [6.07, 6.45) is 0.411. The van der Waals surface area contributed by atoms with Crippen LogP contribution in [0.2, 0.25) is 0 Å². The van der Waals surface area contributed by atoms with Crippen LogP contribution in [0.4, 0.5) is 10.5 Å². The molecule has 3 amide bonds. The van der Waals surface area contributed by atoms with Gasteiger partial charge < -0.3 is 10.1 Å². The Balaban J connectivity index is 1.49. The molecule has 7 heteroatoms. The SMILES string of the molecule is CC(C)c1ccc([C@H]2c3[nH]c4ccccc4c3C[C@H]3C(=O)N(c4ccc(C(=O)O)cc4)C(=O)N23)cc1. The molecule has 0 spiro atoms. The van der Waals surface area contributed by atoms with Gasteiger partial charge in [-0.05, 0) is 52.9 Å². The van der Waals surface area contributed by atoms with Crippen molar-refractivity contribution >= 4 is 34.5 Å². The van der Waals surface area contributed by atoms with Crippen LogP contribution in [0.1, 0.15) is 58.5 Å².